The maximum Gasteiger partial charge on any atom is 0.257 e. The predicted octanol–water partition coefficient (Wildman–Crippen LogP) is 0.689. The summed E-state index contributed by atoms with van der Waals surface area (Å²) in [5.74, 6) is -0.329. The summed E-state index contributed by atoms with van der Waals surface area (Å²) >= 11 is 0. The van der Waals surface area contributed by atoms with Crippen molar-refractivity contribution in [3.8, 4) is 5.75 Å². The molecule has 4 N–H and O–H groups in total. The summed E-state index contributed by atoms with van der Waals surface area (Å²) in [6, 6.07) is 6.51. The first-order valence-corrected chi connectivity index (χ1v) is 6.97. The molecule has 0 aliphatic heterocycles. The number of primary amides is 1. The molecule has 1 unspecified atom stereocenters. The van der Waals surface area contributed by atoms with Gasteiger partial charge in [0, 0.05) is 13.2 Å². The Morgan fingerprint density at radius 2 is 2.10 bits per heavy atom. The molecule has 21 heavy (non-hydrogen) atoms. The minimum atomic E-state index is -0.597. The number of rotatable bonds is 9. The van der Waals surface area contributed by atoms with Gasteiger partial charge >= 0.3 is 0 Å². The Balaban J connectivity index is 2.45. The molecule has 2 amide bonds. The van der Waals surface area contributed by atoms with Gasteiger partial charge in [0.05, 0.1) is 5.56 Å². The van der Waals surface area contributed by atoms with Crippen LogP contribution in [-0.4, -0.2) is 36.7 Å². The normalized spacial score (nSPS) is 11.7. The van der Waals surface area contributed by atoms with Crippen LogP contribution >= 0.6 is 0 Å². The predicted molar refractivity (Wildman–Crippen MR) is 78.9 cm³/mol. The van der Waals surface area contributed by atoms with E-state index in [2.05, 4.69) is 5.32 Å². The van der Waals surface area contributed by atoms with Gasteiger partial charge in [-0.3, -0.25) is 9.59 Å². The SMILES string of the molecule is CCC(CCO)CNC(=O)COc1ccccc1C(N)=O. The van der Waals surface area contributed by atoms with E-state index in [-0.39, 0.29) is 30.6 Å². The van der Waals surface area contributed by atoms with E-state index in [1.807, 2.05) is 6.92 Å². The van der Waals surface area contributed by atoms with Crippen molar-refractivity contribution < 1.29 is 19.4 Å². The lowest BCUT2D eigenvalue weighted by atomic mass is 10.0. The van der Waals surface area contributed by atoms with Crippen LogP contribution in [0.4, 0.5) is 0 Å². The lowest BCUT2D eigenvalue weighted by Gasteiger charge is -2.15. The van der Waals surface area contributed by atoms with Gasteiger partial charge in [-0.25, -0.2) is 0 Å². The maximum absolute atomic E-state index is 11.7. The molecular weight excluding hydrogens is 272 g/mol. The van der Waals surface area contributed by atoms with Gasteiger partial charge in [-0.1, -0.05) is 25.5 Å². The lowest BCUT2D eigenvalue weighted by molar-refractivity contribution is -0.123. The molecule has 0 spiro atoms. The van der Waals surface area contributed by atoms with Gasteiger partial charge in [-0.2, -0.15) is 0 Å². The smallest absolute Gasteiger partial charge is 0.257 e. The van der Waals surface area contributed by atoms with E-state index in [1.54, 1.807) is 24.3 Å². The molecule has 0 radical (unpaired) electrons. The number of carbonyl (C=O) groups is 2. The Morgan fingerprint density at radius 3 is 2.71 bits per heavy atom. The first-order chi connectivity index (χ1) is 10.1. The first-order valence-electron chi connectivity index (χ1n) is 6.97. The van der Waals surface area contributed by atoms with Crippen LogP contribution in [0.2, 0.25) is 0 Å². The number of ether oxygens (including phenoxy) is 1. The zero-order valence-electron chi connectivity index (χ0n) is 12.2. The summed E-state index contributed by atoms with van der Waals surface area (Å²) in [6.07, 6.45) is 1.54. The fourth-order valence-electron chi connectivity index (χ4n) is 1.88. The molecule has 0 heterocycles. The Bertz CT molecular complexity index is 476. The molecule has 0 fully saturated rings. The number of carbonyl (C=O) groups excluding carboxylic acids is 2. The van der Waals surface area contributed by atoms with Crippen LogP contribution in [0, 0.1) is 5.92 Å². The van der Waals surface area contributed by atoms with Crippen molar-refractivity contribution >= 4 is 11.8 Å². The summed E-state index contributed by atoms with van der Waals surface area (Å²) < 4.78 is 5.32. The summed E-state index contributed by atoms with van der Waals surface area (Å²) in [7, 11) is 0. The van der Waals surface area contributed by atoms with Gasteiger partial charge in [0.1, 0.15) is 5.75 Å². The highest BCUT2D eigenvalue weighted by Gasteiger charge is 2.11. The second-order valence-electron chi connectivity index (χ2n) is 4.74. The van der Waals surface area contributed by atoms with E-state index in [0.717, 1.165) is 6.42 Å². The molecule has 1 aromatic carbocycles. The standard InChI is InChI=1S/C15H22N2O4/c1-2-11(7-8-18)9-17-14(19)10-21-13-6-4-3-5-12(13)15(16)20/h3-6,11,18H,2,7-10H2,1H3,(H2,16,20)(H,17,19). The third kappa shape index (κ3) is 5.83. The molecule has 1 atom stereocenters. The summed E-state index contributed by atoms with van der Waals surface area (Å²) in [6.45, 7) is 2.43. The molecule has 116 valence electrons. The largest absolute Gasteiger partial charge is 0.483 e. The number of aliphatic hydroxyl groups is 1. The first kappa shape index (κ1) is 17.0. The topological polar surface area (TPSA) is 102 Å². The van der Waals surface area contributed by atoms with Crippen LogP contribution in [0.25, 0.3) is 0 Å². The molecule has 6 nitrogen and oxygen atoms in total. The van der Waals surface area contributed by atoms with E-state index < -0.39 is 5.91 Å². The van der Waals surface area contributed by atoms with Gasteiger partial charge in [0.15, 0.2) is 6.61 Å². The number of nitrogens with two attached hydrogens (primary N) is 1. The van der Waals surface area contributed by atoms with Crippen molar-refractivity contribution in [2.75, 3.05) is 19.8 Å². The number of amides is 2. The van der Waals surface area contributed by atoms with E-state index in [9.17, 15) is 9.59 Å². The number of aliphatic hydroxyl groups excluding tert-OH is 1. The molecule has 0 aliphatic rings. The van der Waals surface area contributed by atoms with Crippen molar-refractivity contribution in [2.24, 2.45) is 11.7 Å². The average Bonchev–Trinajstić information content (AvgIpc) is 2.49. The summed E-state index contributed by atoms with van der Waals surface area (Å²) in [4.78, 5) is 22.9. The Morgan fingerprint density at radius 1 is 1.38 bits per heavy atom. The minimum Gasteiger partial charge on any atom is -0.483 e. The van der Waals surface area contributed by atoms with Crippen molar-refractivity contribution in [3.05, 3.63) is 29.8 Å². The molecule has 1 aromatic rings. The zero-order chi connectivity index (χ0) is 15.7. The molecule has 0 aromatic heterocycles. The van der Waals surface area contributed by atoms with Crippen molar-refractivity contribution in [1.29, 1.82) is 0 Å². The highest BCUT2D eigenvalue weighted by molar-refractivity contribution is 5.95. The number of hydrogen-bond donors (Lipinski definition) is 3. The van der Waals surface area contributed by atoms with Crippen LogP contribution < -0.4 is 15.8 Å². The van der Waals surface area contributed by atoms with Gasteiger partial charge in [-0.15, -0.1) is 0 Å². The van der Waals surface area contributed by atoms with E-state index >= 15 is 0 Å². The van der Waals surface area contributed by atoms with Crippen molar-refractivity contribution in [3.63, 3.8) is 0 Å². The third-order valence-corrected chi connectivity index (χ3v) is 3.21. The number of benzene rings is 1. The second kappa shape index (κ2) is 8.97. The Hall–Kier alpha value is -2.08. The van der Waals surface area contributed by atoms with Crippen LogP contribution in [0.1, 0.15) is 30.1 Å². The summed E-state index contributed by atoms with van der Waals surface area (Å²) in [5, 5.41) is 11.6. The molecular formula is C15H22N2O4. The minimum absolute atomic E-state index is 0.108. The molecule has 0 bridgehead atoms. The van der Waals surface area contributed by atoms with Gasteiger partial charge in [0.25, 0.3) is 11.8 Å². The molecule has 0 saturated heterocycles. The zero-order valence-corrected chi connectivity index (χ0v) is 12.2. The maximum atomic E-state index is 11.7. The Kier molecular flexibility index (Phi) is 7.25. The van der Waals surface area contributed by atoms with Crippen LogP contribution in [-0.2, 0) is 4.79 Å². The molecule has 6 heteroatoms. The number of para-hydroxylation sites is 1. The van der Waals surface area contributed by atoms with Crippen molar-refractivity contribution in [1.82, 2.24) is 5.32 Å². The van der Waals surface area contributed by atoms with Gasteiger partial charge in [-0.05, 0) is 24.5 Å². The quantitative estimate of drug-likeness (QED) is 0.623. The molecule has 0 saturated carbocycles. The third-order valence-electron chi connectivity index (χ3n) is 3.21. The van der Waals surface area contributed by atoms with E-state index in [0.29, 0.717) is 18.7 Å². The Labute approximate surface area is 124 Å². The fraction of sp³-hybridized carbons (Fsp3) is 0.467. The van der Waals surface area contributed by atoms with Crippen LogP contribution in [0.5, 0.6) is 5.75 Å². The highest BCUT2D eigenvalue weighted by Crippen LogP contribution is 2.16. The number of nitrogens with one attached hydrogen (secondary N) is 1. The van der Waals surface area contributed by atoms with E-state index in [1.165, 1.54) is 0 Å². The van der Waals surface area contributed by atoms with Crippen LogP contribution in [0.3, 0.4) is 0 Å². The monoisotopic (exact) mass is 294 g/mol. The lowest BCUT2D eigenvalue weighted by Crippen LogP contribution is -2.33. The molecule has 1 rings (SSSR count). The van der Waals surface area contributed by atoms with E-state index in [4.69, 9.17) is 15.6 Å². The van der Waals surface area contributed by atoms with Crippen LogP contribution in [0.15, 0.2) is 24.3 Å². The highest BCUT2D eigenvalue weighted by atomic mass is 16.5. The van der Waals surface area contributed by atoms with Gasteiger partial charge < -0.3 is 20.9 Å². The fourth-order valence-corrected chi connectivity index (χ4v) is 1.88. The van der Waals surface area contributed by atoms with Gasteiger partial charge in [0.2, 0.25) is 0 Å². The molecule has 0 aliphatic carbocycles. The average molecular weight is 294 g/mol. The number of hydrogen-bond acceptors (Lipinski definition) is 4. The van der Waals surface area contributed by atoms with Crippen molar-refractivity contribution in [2.45, 2.75) is 19.8 Å². The second-order valence-corrected chi connectivity index (χ2v) is 4.74. The summed E-state index contributed by atoms with van der Waals surface area (Å²) in [5.41, 5.74) is 5.47.